The highest BCUT2D eigenvalue weighted by Gasteiger charge is 2.46. The van der Waals surface area contributed by atoms with Gasteiger partial charge in [0, 0.05) is 11.4 Å². The number of hydrogen-bond acceptors (Lipinski definition) is 2. The van der Waals surface area contributed by atoms with E-state index >= 15 is 0 Å². The Morgan fingerprint density at radius 3 is 1.49 bits per heavy atom. The van der Waals surface area contributed by atoms with Crippen LogP contribution in [-0.4, -0.2) is 6.98 Å². The summed E-state index contributed by atoms with van der Waals surface area (Å²) in [6.45, 7) is 16.2. The molecule has 37 heavy (non-hydrogen) atoms. The molecule has 0 amide bonds. The van der Waals surface area contributed by atoms with Crippen molar-refractivity contribution in [3.63, 3.8) is 0 Å². The van der Waals surface area contributed by atoms with Gasteiger partial charge in [-0.05, 0) is 88.8 Å². The van der Waals surface area contributed by atoms with Gasteiger partial charge < -0.3 is 9.62 Å². The van der Waals surface area contributed by atoms with Crippen LogP contribution in [0.1, 0.15) is 81.5 Å². The summed E-state index contributed by atoms with van der Waals surface area (Å²) in [5.74, 6) is 1.31. The summed E-state index contributed by atoms with van der Waals surface area (Å²) in [5, 5.41) is 0. The minimum Gasteiger partial charge on any atom is -0.360 e. The number of anilines is 4. The quantitative estimate of drug-likeness (QED) is 0.251. The molecule has 0 aliphatic carbocycles. The van der Waals surface area contributed by atoms with Gasteiger partial charge in [0.2, 0.25) is 0 Å². The maximum atomic E-state index is 2.57. The average Bonchev–Trinajstić information content (AvgIpc) is 3.22. The molecule has 2 nitrogen and oxygen atoms in total. The van der Waals surface area contributed by atoms with Crippen molar-refractivity contribution < 1.29 is 0 Å². The molecule has 3 heteroatoms. The lowest BCUT2D eigenvalue weighted by Crippen LogP contribution is -2.56. The number of para-hydroxylation sites is 2. The molecule has 4 aromatic rings. The van der Waals surface area contributed by atoms with E-state index in [1.165, 1.54) is 50.5 Å². The van der Waals surface area contributed by atoms with Gasteiger partial charge in [-0.1, -0.05) is 96.1 Å². The number of aryl methyl sites for hydroxylation is 1. The van der Waals surface area contributed by atoms with Crippen LogP contribution in [0.4, 0.5) is 22.7 Å². The molecule has 188 valence electrons. The molecule has 0 radical (unpaired) electrons. The maximum Gasteiger partial charge on any atom is 0.421 e. The molecule has 0 aromatic heterocycles. The first kappa shape index (κ1) is 25.2. The van der Waals surface area contributed by atoms with Crippen LogP contribution in [0.3, 0.4) is 0 Å². The molecule has 1 heterocycles. The van der Waals surface area contributed by atoms with Gasteiger partial charge in [-0.2, -0.15) is 0 Å². The number of hydrogen-bond donors (Lipinski definition) is 0. The van der Waals surface area contributed by atoms with Crippen LogP contribution < -0.4 is 15.1 Å². The summed E-state index contributed by atoms with van der Waals surface area (Å²) >= 11 is 0. The van der Waals surface area contributed by atoms with E-state index in [1.54, 1.807) is 0 Å². The molecule has 1 aliphatic rings. The predicted octanol–water partition coefficient (Wildman–Crippen LogP) is 9.05. The molecule has 0 atom stereocenters. The smallest absolute Gasteiger partial charge is 0.360 e. The number of benzene rings is 4. The molecular formula is C34H39BN2. The Hall–Kier alpha value is -3.46. The van der Waals surface area contributed by atoms with Crippen molar-refractivity contribution in [3.8, 4) is 0 Å². The van der Waals surface area contributed by atoms with Gasteiger partial charge in [-0.15, -0.1) is 0 Å². The Labute approximate surface area is 224 Å². The minimum absolute atomic E-state index is 0.0117. The van der Waals surface area contributed by atoms with Crippen molar-refractivity contribution in [1.29, 1.82) is 0 Å². The van der Waals surface area contributed by atoms with E-state index in [-0.39, 0.29) is 6.98 Å². The van der Waals surface area contributed by atoms with Crippen LogP contribution in [0.5, 0.6) is 0 Å². The molecular weight excluding hydrogens is 447 g/mol. The van der Waals surface area contributed by atoms with Crippen LogP contribution >= 0.6 is 0 Å². The van der Waals surface area contributed by atoms with Crippen LogP contribution in [0.2, 0.25) is 0 Å². The standard InChI is InChI=1S/C34H39BN2/c1-23(2)27-21-30(24(3)4)34(31(22-27)25(5)6)35-36(28-14-10-8-11-15-28)32-19-18-26(7)20-33(32)37(35)29-16-12-9-13-17-29/h8-25H,1-7H3. The Morgan fingerprint density at radius 1 is 0.541 bits per heavy atom. The molecule has 0 saturated carbocycles. The van der Waals surface area contributed by atoms with Gasteiger partial charge in [0.1, 0.15) is 0 Å². The van der Waals surface area contributed by atoms with Gasteiger partial charge in [0.25, 0.3) is 0 Å². The molecule has 0 N–H and O–H groups in total. The Balaban J connectivity index is 1.88. The van der Waals surface area contributed by atoms with E-state index in [0.717, 1.165) is 0 Å². The molecule has 0 unspecified atom stereocenters. The molecule has 0 spiro atoms. The summed E-state index contributed by atoms with van der Waals surface area (Å²) in [5.41, 5.74) is 12.0. The van der Waals surface area contributed by atoms with Gasteiger partial charge in [0.15, 0.2) is 0 Å². The van der Waals surface area contributed by atoms with Crippen molar-refractivity contribution in [3.05, 3.63) is 113 Å². The van der Waals surface area contributed by atoms with E-state index in [0.29, 0.717) is 17.8 Å². The summed E-state index contributed by atoms with van der Waals surface area (Å²) in [4.78, 5) is 5.13. The van der Waals surface area contributed by atoms with Gasteiger partial charge in [-0.3, -0.25) is 0 Å². The van der Waals surface area contributed by atoms with E-state index in [1.807, 2.05) is 0 Å². The van der Waals surface area contributed by atoms with Gasteiger partial charge in [-0.25, -0.2) is 0 Å². The fraction of sp³-hybridized carbons (Fsp3) is 0.294. The van der Waals surface area contributed by atoms with Crippen molar-refractivity contribution in [2.75, 3.05) is 9.62 Å². The Kier molecular flexibility index (Phi) is 6.90. The highest BCUT2D eigenvalue weighted by Crippen LogP contribution is 2.47. The van der Waals surface area contributed by atoms with Crippen molar-refractivity contribution in [2.24, 2.45) is 0 Å². The van der Waals surface area contributed by atoms with Crippen molar-refractivity contribution >= 4 is 35.2 Å². The Bertz CT molecular complexity index is 1350. The molecule has 0 fully saturated rings. The van der Waals surface area contributed by atoms with E-state index in [9.17, 15) is 0 Å². The fourth-order valence-corrected chi connectivity index (χ4v) is 5.71. The number of rotatable bonds is 6. The highest BCUT2D eigenvalue weighted by atomic mass is 15.3. The molecule has 1 aliphatic heterocycles. The lowest BCUT2D eigenvalue weighted by atomic mass is 9.58. The zero-order chi connectivity index (χ0) is 26.3. The fourth-order valence-electron chi connectivity index (χ4n) is 5.71. The lowest BCUT2D eigenvalue weighted by Gasteiger charge is -2.35. The van der Waals surface area contributed by atoms with E-state index in [4.69, 9.17) is 0 Å². The first-order valence-electron chi connectivity index (χ1n) is 13.7. The second-order valence-electron chi connectivity index (χ2n) is 11.4. The first-order chi connectivity index (χ1) is 17.8. The van der Waals surface area contributed by atoms with Crippen LogP contribution in [-0.2, 0) is 0 Å². The molecule has 0 bridgehead atoms. The van der Waals surface area contributed by atoms with Crippen LogP contribution in [0.25, 0.3) is 0 Å². The number of fused-ring (bicyclic) bond motifs is 1. The van der Waals surface area contributed by atoms with Crippen molar-refractivity contribution in [2.45, 2.75) is 66.2 Å². The van der Waals surface area contributed by atoms with E-state index in [2.05, 4.69) is 149 Å². The zero-order valence-electron chi connectivity index (χ0n) is 23.4. The molecule has 5 rings (SSSR count). The lowest BCUT2D eigenvalue weighted by molar-refractivity contribution is 0.812. The summed E-state index contributed by atoms with van der Waals surface area (Å²) in [6, 6.07) is 33.7. The van der Waals surface area contributed by atoms with Crippen LogP contribution in [0, 0.1) is 6.92 Å². The average molecular weight is 487 g/mol. The topological polar surface area (TPSA) is 6.48 Å². The predicted molar refractivity (Wildman–Crippen MR) is 162 cm³/mol. The summed E-state index contributed by atoms with van der Waals surface area (Å²) in [7, 11) is 0. The zero-order valence-corrected chi connectivity index (χ0v) is 23.4. The van der Waals surface area contributed by atoms with Gasteiger partial charge in [0.05, 0.1) is 11.4 Å². The third-order valence-corrected chi connectivity index (χ3v) is 7.64. The van der Waals surface area contributed by atoms with Crippen LogP contribution in [0.15, 0.2) is 91.0 Å². The second kappa shape index (κ2) is 10.1. The number of nitrogens with zero attached hydrogens (tertiary/aromatic N) is 2. The monoisotopic (exact) mass is 486 g/mol. The first-order valence-corrected chi connectivity index (χ1v) is 13.7. The van der Waals surface area contributed by atoms with Gasteiger partial charge >= 0.3 is 6.98 Å². The Morgan fingerprint density at radius 2 is 1.03 bits per heavy atom. The molecule has 0 saturated heterocycles. The normalized spacial score (nSPS) is 13.3. The summed E-state index contributed by atoms with van der Waals surface area (Å²) < 4.78 is 0. The third-order valence-electron chi connectivity index (χ3n) is 7.64. The molecule has 4 aromatic carbocycles. The SMILES string of the molecule is Cc1ccc2c(c1)N(c1ccccc1)B(c1c(C(C)C)cc(C(C)C)cc1C(C)C)N2c1ccccc1. The third kappa shape index (κ3) is 4.57. The second-order valence-corrected chi connectivity index (χ2v) is 11.4. The maximum absolute atomic E-state index is 2.57. The highest BCUT2D eigenvalue weighted by molar-refractivity contribution is 6.85. The van der Waals surface area contributed by atoms with E-state index < -0.39 is 0 Å². The summed E-state index contributed by atoms with van der Waals surface area (Å²) in [6.07, 6.45) is 0. The van der Waals surface area contributed by atoms with Crippen molar-refractivity contribution in [1.82, 2.24) is 0 Å². The minimum atomic E-state index is 0.0117. The largest absolute Gasteiger partial charge is 0.421 e.